The fraction of sp³-hybridized carbons (Fsp3) is 0.440. The van der Waals surface area contributed by atoms with Crippen molar-refractivity contribution in [1.82, 2.24) is 29.1 Å². The number of methoxy groups -OCH3 is 1. The molecule has 0 radical (unpaired) electrons. The van der Waals surface area contributed by atoms with Gasteiger partial charge in [0.05, 0.1) is 12.5 Å². The minimum Gasteiger partial charge on any atom is -0.508 e. The second-order valence-corrected chi connectivity index (χ2v) is 13.9. The van der Waals surface area contributed by atoms with Gasteiger partial charge in [-0.05, 0) is 13.8 Å². The molecule has 0 aliphatic carbocycles. The van der Waals surface area contributed by atoms with Crippen LogP contribution >= 0.6 is 18.2 Å². The van der Waals surface area contributed by atoms with Crippen molar-refractivity contribution in [3.05, 3.63) is 68.8 Å². The Hall–Kier alpha value is -4.56. The van der Waals surface area contributed by atoms with Crippen LogP contribution in [0.3, 0.4) is 0 Å². The Kier molecular flexibility index (Phi) is 10.1. The van der Waals surface area contributed by atoms with Crippen molar-refractivity contribution in [2.45, 2.75) is 44.9 Å². The van der Waals surface area contributed by atoms with Crippen molar-refractivity contribution in [1.29, 1.82) is 0 Å². The Labute approximate surface area is 268 Å². The maximum atomic E-state index is 14.2. The molecular weight excluding hydrogens is 669 g/mol. The van der Waals surface area contributed by atoms with E-state index in [1.54, 1.807) is 13.8 Å². The molecule has 0 spiro atoms. The fourth-order valence-electron chi connectivity index (χ4n) is 4.45. The van der Waals surface area contributed by atoms with E-state index >= 15 is 0 Å². The minimum absolute atomic E-state index is 0.0362. The van der Waals surface area contributed by atoms with Gasteiger partial charge in [0, 0.05) is 30.8 Å². The Morgan fingerprint density at radius 1 is 1.23 bits per heavy atom. The van der Waals surface area contributed by atoms with E-state index in [4.69, 9.17) is 38.5 Å². The number of carbonyl (C=O) groups excluding carboxylic acids is 1. The maximum absolute atomic E-state index is 14.2. The number of rotatable bonds is 13. The molecule has 47 heavy (non-hydrogen) atoms. The molecule has 0 aromatic carbocycles. The van der Waals surface area contributed by atoms with Gasteiger partial charge in [0.2, 0.25) is 6.23 Å². The zero-order valence-corrected chi connectivity index (χ0v) is 26.7. The first kappa shape index (κ1) is 33.8. The van der Waals surface area contributed by atoms with Crippen LogP contribution in [0, 0.1) is 0 Å². The molecule has 5 N–H and O–H groups in total. The predicted octanol–water partition coefficient (Wildman–Crippen LogP) is 1.79. The SMILES string of the molecule is COC1C(O[P@](=O)(OCC2=C(O)C[C@H](n3cnc4c(N)ncnc43)O2)SCOC(=O)OC(C)C)=C(CO)O[C@H]1n1ccc(=O)[nH]c1=O. The van der Waals surface area contributed by atoms with Gasteiger partial charge in [-0.1, -0.05) is 0 Å². The van der Waals surface area contributed by atoms with Crippen LogP contribution in [-0.4, -0.2) is 83.9 Å². The van der Waals surface area contributed by atoms with Gasteiger partial charge in [-0.15, -0.1) is 0 Å². The quantitative estimate of drug-likeness (QED) is 0.112. The lowest BCUT2D eigenvalue weighted by Gasteiger charge is -2.24. The van der Waals surface area contributed by atoms with Crippen LogP contribution in [0.25, 0.3) is 11.2 Å². The lowest BCUT2D eigenvalue weighted by molar-refractivity contribution is -0.0367. The molecule has 254 valence electrons. The minimum atomic E-state index is -4.47. The first-order valence-electron chi connectivity index (χ1n) is 13.7. The van der Waals surface area contributed by atoms with Gasteiger partial charge in [-0.2, -0.15) is 0 Å². The van der Waals surface area contributed by atoms with E-state index in [0.29, 0.717) is 22.5 Å². The number of aromatic nitrogens is 6. The molecule has 3 aromatic rings. The number of ether oxygens (including phenoxy) is 5. The van der Waals surface area contributed by atoms with Gasteiger partial charge in [-0.25, -0.2) is 29.1 Å². The molecule has 4 atom stereocenters. The summed E-state index contributed by atoms with van der Waals surface area (Å²) in [7, 11) is 1.24. The Morgan fingerprint density at radius 3 is 2.72 bits per heavy atom. The molecule has 5 rings (SSSR count). The summed E-state index contributed by atoms with van der Waals surface area (Å²) in [5, 5.41) is 20.7. The van der Waals surface area contributed by atoms with Crippen molar-refractivity contribution in [2.24, 2.45) is 0 Å². The normalized spacial score (nSPS) is 20.7. The third-order valence-electron chi connectivity index (χ3n) is 6.53. The summed E-state index contributed by atoms with van der Waals surface area (Å²) in [5.74, 6) is -1.36. The van der Waals surface area contributed by atoms with E-state index in [9.17, 15) is 29.2 Å². The highest BCUT2D eigenvalue weighted by Crippen LogP contribution is 2.64. The summed E-state index contributed by atoms with van der Waals surface area (Å²) in [5.41, 5.74) is 5.01. The monoisotopic (exact) mass is 699 g/mol. The molecule has 0 saturated carbocycles. The van der Waals surface area contributed by atoms with E-state index in [0.717, 1.165) is 16.8 Å². The molecule has 2 aliphatic heterocycles. The average Bonchev–Trinajstić information content (AvgIpc) is 3.71. The third kappa shape index (κ3) is 7.38. The van der Waals surface area contributed by atoms with Gasteiger partial charge >= 0.3 is 18.6 Å². The predicted molar refractivity (Wildman–Crippen MR) is 160 cm³/mol. The number of aliphatic hydroxyl groups is 2. The van der Waals surface area contributed by atoms with Crippen LogP contribution in [0.2, 0.25) is 0 Å². The number of imidazole rings is 1. The second-order valence-electron chi connectivity index (χ2n) is 9.98. The van der Waals surface area contributed by atoms with Crippen LogP contribution in [0.1, 0.15) is 32.7 Å². The summed E-state index contributed by atoms with van der Waals surface area (Å²) in [6.07, 6.45) is -1.19. The van der Waals surface area contributed by atoms with Crippen LogP contribution in [-0.2, 0) is 37.3 Å². The van der Waals surface area contributed by atoms with Crippen molar-refractivity contribution < 1.29 is 52.3 Å². The molecule has 20 nitrogen and oxygen atoms in total. The van der Waals surface area contributed by atoms with Gasteiger partial charge in [0.1, 0.15) is 37.1 Å². The molecule has 0 bridgehead atoms. The smallest absolute Gasteiger partial charge is 0.508 e. The number of nitrogens with two attached hydrogens (primary N) is 1. The topological polar surface area (TPSA) is 264 Å². The molecule has 2 aliphatic rings. The molecular formula is C25H30N7O13PS. The van der Waals surface area contributed by atoms with E-state index < -0.39 is 68.0 Å². The van der Waals surface area contributed by atoms with E-state index in [1.807, 2.05) is 0 Å². The largest absolute Gasteiger partial charge is 0.509 e. The number of nitrogens with zero attached hydrogens (tertiary/aromatic N) is 5. The summed E-state index contributed by atoms with van der Waals surface area (Å²) in [4.78, 5) is 50.3. The van der Waals surface area contributed by atoms with Gasteiger partial charge < -0.3 is 44.2 Å². The van der Waals surface area contributed by atoms with Crippen molar-refractivity contribution >= 4 is 41.3 Å². The molecule has 22 heteroatoms. The summed E-state index contributed by atoms with van der Waals surface area (Å²) in [6, 6.07) is 1.07. The third-order valence-corrected chi connectivity index (χ3v) is 9.74. The summed E-state index contributed by atoms with van der Waals surface area (Å²) >= 11 is 0.419. The van der Waals surface area contributed by atoms with E-state index in [2.05, 4.69) is 19.9 Å². The van der Waals surface area contributed by atoms with Crippen molar-refractivity contribution in [2.75, 3.05) is 32.0 Å². The average molecular weight is 700 g/mol. The Morgan fingerprint density at radius 2 is 2.02 bits per heavy atom. The lowest BCUT2D eigenvalue weighted by Crippen LogP contribution is -2.36. The van der Waals surface area contributed by atoms with E-state index in [1.165, 1.54) is 24.3 Å². The molecule has 0 fully saturated rings. The zero-order chi connectivity index (χ0) is 33.9. The van der Waals surface area contributed by atoms with Gasteiger partial charge in [0.15, 0.2) is 47.0 Å². The first-order chi connectivity index (χ1) is 22.4. The number of nitrogens with one attached hydrogen (secondary N) is 1. The Balaban J connectivity index is 1.36. The number of aliphatic hydroxyl groups excluding tert-OH is 2. The van der Waals surface area contributed by atoms with Crippen LogP contribution in [0.5, 0.6) is 0 Å². The standard InChI is InChI=1S/C25H30N7O13PS/c1-12(2)42-25(37)40-11-47-46(38,45-19-14(7-33)44-23(20(19)39-3)31-5-4-16(35)30-24(31)36)41-8-15-13(34)6-17(43-15)32-10-29-18-21(26)27-9-28-22(18)32/h4-5,9-10,12,17,20,23,33-34H,6-8,11H2,1-3H3,(H2,26,27,28)(H,30,35,36)/t17-,20?,23-,46+/m1/s1. The molecule has 1 unspecified atom stereocenters. The lowest BCUT2D eigenvalue weighted by atomic mass is 10.2. The van der Waals surface area contributed by atoms with Crippen LogP contribution < -0.4 is 17.0 Å². The highest BCUT2D eigenvalue weighted by molar-refractivity contribution is 8.55. The second kappa shape index (κ2) is 14.1. The molecule has 5 heterocycles. The Bertz CT molecular complexity index is 1870. The number of carbonyl (C=O) groups is 1. The number of nitrogen functional groups attached to an aromatic ring is 1. The van der Waals surface area contributed by atoms with E-state index in [-0.39, 0.29) is 35.3 Å². The van der Waals surface area contributed by atoms with Crippen LogP contribution in [0.15, 0.2) is 57.5 Å². The fourth-order valence-corrected chi connectivity index (χ4v) is 6.95. The highest BCUT2D eigenvalue weighted by Gasteiger charge is 2.45. The maximum Gasteiger partial charge on any atom is 0.509 e. The number of H-pyrrole nitrogens is 1. The number of hydrogen-bond acceptors (Lipinski definition) is 18. The summed E-state index contributed by atoms with van der Waals surface area (Å²) < 4.78 is 55.0. The molecule has 3 aromatic heterocycles. The highest BCUT2D eigenvalue weighted by atomic mass is 32.7. The molecule has 0 saturated heterocycles. The first-order valence-corrected chi connectivity index (χ1v) is 16.8. The summed E-state index contributed by atoms with van der Waals surface area (Å²) in [6.45, 7) is -2.65. The zero-order valence-electron chi connectivity index (χ0n) is 25.0. The molecule has 0 amide bonds. The number of aromatic amines is 1. The number of anilines is 1. The van der Waals surface area contributed by atoms with Crippen LogP contribution in [0.4, 0.5) is 10.6 Å². The van der Waals surface area contributed by atoms with Crippen molar-refractivity contribution in [3.63, 3.8) is 0 Å². The van der Waals surface area contributed by atoms with Gasteiger partial charge in [0.25, 0.3) is 5.56 Å². The number of fused-ring (bicyclic) bond motifs is 1. The van der Waals surface area contributed by atoms with Gasteiger partial charge in [-0.3, -0.25) is 23.4 Å². The number of hydrogen-bond donors (Lipinski definition) is 4. The van der Waals surface area contributed by atoms with Crippen molar-refractivity contribution in [3.8, 4) is 0 Å².